The highest BCUT2D eigenvalue weighted by Crippen LogP contribution is 2.21. The molecule has 0 radical (unpaired) electrons. The molecule has 1 fully saturated rings. The first-order chi connectivity index (χ1) is 11.0. The van der Waals surface area contributed by atoms with Crippen molar-refractivity contribution in [2.75, 3.05) is 26.7 Å². The number of halogens is 1. The molecule has 1 atom stereocenters. The lowest BCUT2D eigenvalue weighted by molar-refractivity contribution is 0.253. The Balaban J connectivity index is 1.48. The van der Waals surface area contributed by atoms with E-state index in [2.05, 4.69) is 33.7 Å². The standard InChI is InChI=1S/C16H24ClN5S/c1-12-14(23-11-19-12)9-20(2)7-13-4-5-22(8-13)10-16-18-6-15(17)21(16)3/h6,11,13H,4-5,7-10H2,1-3H3/t13-/m1/s1. The average Bonchev–Trinajstić information content (AvgIpc) is 3.19. The highest BCUT2D eigenvalue weighted by Gasteiger charge is 2.25. The number of hydrogen-bond donors (Lipinski definition) is 0. The van der Waals surface area contributed by atoms with Crippen LogP contribution in [0.4, 0.5) is 0 Å². The third-order valence-electron chi connectivity index (χ3n) is 4.59. The van der Waals surface area contributed by atoms with Crippen LogP contribution in [0.2, 0.25) is 5.15 Å². The molecule has 23 heavy (non-hydrogen) atoms. The zero-order chi connectivity index (χ0) is 16.4. The second-order valence-corrected chi connectivity index (χ2v) is 7.83. The fourth-order valence-electron chi connectivity index (χ4n) is 3.21. The summed E-state index contributed by atoms with van der Waals surface area (Å²) in [5.41, 5.74) is 3.11. The highest BCUT2D eigenvalue weighted by atomic mass is 35.5. The van der Waals surface area contributed by atoms with E-state index >= 15 is 0 Å². The quantitative estimate of drug-likeness (QED) is 0.800. The SMILES string of the molecule is Cc1ncsc1CN(C)C[C@H]1CCN(Cc2ncc(Cl)n2C)C1. The maximum atomic E-state index is 6.06. The minimum atomic E-state index is 0.704. The van der Waals surface area contributed by atoms with Gasteiger partial charge in [0, 0.05) is 31.6 Å². The molecule has 2 aromatic rings. The molecule has 0 bridgehead atoms. The monoisotopic (exact) mass is 353 g/mol. The van der Waals surface area contributed by atoms with Gasteiger partial charge < -0.3 is 9.47 Å². The van der Waals surface area contributed by atoms with Gasteiger partial charge in [0.2, 0.25) is 0 Å². The Labute approximate surface area is 146 Å². The van der Waals surface area contributed by atoms with E-state index in [1.54, 1.807) is 17.5 Å². The largest absolute Gasteiger partial charge is 0.321 e. The molecule has 5 nitrogen and oxygen atoms in total. The lowest BCUT2D eigenvalue weighted by Crippen LogP contribution is -2.28. The Morgan fingerprint density at radius 1 is 1.43 bits per heavy atom. The molecule has 0 aliphatic carbocycles. The fraction of sp³-hybridized carbons (Fsp3) is 0.625. The van der Waals surface area contributed by atoms with E-state index in [4.69, 9.17) is 11.6 Å². The summed E-state index contributed by atoms with van der Waals surface area (Å²) in [7, 11) is 4.18. The van der Waals surface area contributed by atoms with Crippen LogP contribution in [-0.4, -0.2) is 51.0 Å². The number of nitrogens with zero attached hydrogens (tertiary/aromatic N) is 5. The minimum absolute atomic E-state index is 0.704. The number of rotatable bonds is 6. The molecule has 1 saturated heterocycles. The molecule has 3 rings (SSSR count). The Bertz CT molecular complexity index is 653. The van der Waals surface area contributed by atoms with Crippen LogP contribution in [0, 0.1) is 12.8 Å². The van der Waals surface area contributed by atoms with Crippen LogP contribution in [0.25, 0.3) is 0 Å². The fourth-order valence-corrected chi connectivity index (χ4v) is 4.21. The second kappa shape index (κ2) is 7.30. The molecule has 2 aromatic heterocycles. The van der Waals surface area contributed by atoms with Crippen molar-refractivity contribution in [1.29, 1.82) is 0 Å². The van der Waals surface area contributed by atoms with Gasteiger partial charge in [-0.3, -0.25) is 4.90 Å². The predicted octanol–water partition coefficient (Wildman–Crippen LogP) is 2.79. The summed E-state index contributed by atoms with van der Waals surface area (Å²) in [5.74, 6) is 1.77. The first-order valence-electron chi connectivity index (χ1n) is 7.99. The van der Waals surface area contributed by atoms with Crippen molar-refractivity contribution >= 4 is 22.9 Å². The van der Waals surface area contributed by atoms with Crippen LogP contribution < -0.4 is 0 Å². The molecule has 1 aliphatic rings. The first kappa shape index (κ1) is 16.9. The maximum absolute atomic E-state index is 6.06. The number of imidazole rings is 1. The van der Waals surface area contributed by atoms with Crippen molar-refractivity contribution in [2.45, 2.75) is 26.4 Å². The van der Waals surface area contributed by atoms with Gasteiger partial charge in [-0.15, -0.1) is 11.3 Å². The van der Waals surface area contributed by atoms with E-state index in [0.29, 0.717) is 5.15 Å². The number of aryl methyl sites for hydroxylation is 1. The topological polar surface area (TPSA) is 37.2 Å². The van der Waals surface area contributed by atoms with Crippen LogP contribution in [0.5, 0.6) is 0 Å². The van der Waals surface area contributed by atoms with Crippen LogP contribution >= 0.6 is 22.9 Å². The summed E-state index contributed by atoms with van der Waals surface area (Å²) in [6.45, 7) is 7.39. The van der Waals surface area contributed by atoms with E-state index in [-0.39, 0.29) is 0 Å². The van der Waals surface area contributed by atoms with Crippen LogP contribution in [0.3, 0.4) is 0 Å². The molecule has 1 aliphatic heterocycles. The van der Waals surface area contributed by atoms with E-state index in [9.17, 15) is 0 Å². The number of hydrogen-bond acceptors (Lipinski definition) is 5. The normalized spacial score (nSPS) is 19.1. The van der Waals surface area contributed by atoms with Crippen LogP contribution in [0.15, 0.2) is 11.7 Å². The van der Waals surface area contributed by atoms with Gasteiger partial charge in [-0.2, -0.15) is 0 Å². The molecule has 126 valence electrons. The summed E-state index contributed by atoms with van der Waals surface area (Å²) in [6.07, 6.45) is 2.99. The molecule has 0 aromatic carbocycles. The van der Waals surface area contributed by atoms with E-state index in [1.165, 1.54) is 17.0 Å². The average molecular weight is 354 g/mol. The highest BCUT2D eigenvalue weighted by molar-refractivity contribution is 7.09. The molecule has 0 unspecified atom stereocenters. The third kappa shape index (κ3) is 4.12. The van der Waals surface area contributed by atoms with Crippen LogP contribution in [-0.2, 0) is 20.1 Å². The first-order valence-corrected chi connectivity index (χ1v) is 9.24. The molecule has 0 amide bonds. The minimum Gasteiger partial charge on any atom is -0.321 e. The Morgan fingerprint density at radius 2 is 2.26 bits per heavy atom. The lowest BCUT2D eigenvalue weighted by Gasteiger charge is -2.21. The lowest BCUT2D eigenvalue weighted by atomic mass is 10.1. The molecule has 0 N–H and O–H groups in total. The zero-order valence-electron chi connectivity index (χ0n) is 14.0. The van der Waals surface area contributed by atoms with Gasteiger partial charge in [0.1, 0.15) is 11.0 Å². The molecular formula is C16H24ClN5S. The zero-order valence-corrected chi connectivity index (χ0v) is 15.6. The summed E-state index contributed by atoms with van der Waals surface area (Å²) in [6, 6.07) is 0. The number of aromatic nitrogens is 3. The molecular weight excluding hydrogens is 330 g/mol. The van der Waals surface area contributed by atoms with Crippen molar-refractivity contribution in [1.82, 2.24) is 24.3 Å². The second-order valence-electron chi connectivity index (χ2n) is 6.50. The van der Waals surface area contributed by atoms with Gasteiger partial charge in [0.05, 0.1) is 23.9 Å². The Morgan fingerprint density at radius 3 is 2.91 bits per heavy atom. The van der Waals surface area contributed by atoms with E-state index < -0.39 is 0 Å². The number of likely N-dealkylation sites (tertiary alicyclic amines) is 1. The summed E-state index contributed by atoms with van der Waals surface area (Å²) in [4.78, 5) is 15.0. The molecule has 0 saturated carbocycles. The summed E-state index contributed by atoms with van der Waals surface area (Å²) >= 11 is 7.82. The van der Waals surface area contributed by atoms with Crippen molar-refractivity contribution < 1.29 is 0 Å². The third-order valence-corrected chi connectivity index (χ3v) is 5.86. The van der Waals surface area contributed by atoms with Gasteiger partial charge in [0.15, 0.2) is 0 Å². The van der Waals surface area contributed by atoms with Gasteiger partial charge in [-0.05, 0) is 32.9 Å². The maximum Gasteiger partial charge on any atom is 0.128 e. The van der Waals surface area contributed by atoms with Gasteiger partial charge >= 0.3 is 0 Å². The van der Waals surface area contributed by atoms with E-state index in [1.807, 2.05) is 17.1 Å². The summed E-state index contributed by atoms with van der Waals surface area (Å²) in [5, 5.41) is 0.704. The Hall–Kier alpha value is -0.950. The predicted molar refractivity (Wildman–Crippen MR) is 94.8 cm³/mol. The molecule has 7 heteroatoms. The van der Waals surface area contributed by atoms with Crippen molar-refractivity contribution in [3.63, 3.8) is 0 Å². The number of thiazole rings is 1. The summed E-state index contributed by atoms with van der Waals surface area (Å²) < 4.78 is 1.97. The van der Waals surface area contributed by atoms with Gasteiger partial charge in [0.25, 0.3) is 0 Å². The van der Waals surface area contributed by atoms with E-state index in [0.717, 1.165) is 44.5 Å². The smallest absolute Gasteiger partial charge is 0.128 e. The van der Waals surface area contributed by atoms with Crippen LogP contribution in [0.1, 0.15) is 22.8 Å². The Kier molecular flexibility index (Phi) is 5.36. The van der Waals surface area contributed by atoms with Gasteiger partial charge in [-0.25, -0.2) is 9.97 Å². The van der Waals surface area contributed by atoms with Crippen molar-refractivity contribution in [3.05, 3.63) is 33.3 Å². The molecule has 0 spiro atoms. The molecule has 3 heterocycles. The van der Waals surface area contributed by atoms with Crippen molar-refractivity contribution in [3.8, 4) is 0 Å². The van der Waals surface area contributed by atoms with Crippen molar-refractivity contribution in [2.24, 2.45) is 13.0 Å². The van der Waals surface area contributed by atoms with Gasteiger partial charge in [-0.1, -0.05) is 11.6 Å².